The van der Waals surface area contributed by atoms with Gasteiger partial charge < -0.3 is 5.11 Å². The Morgan fingerprint density at radius 1 is 1.12 bits per heavy atom. The highest BCUT2D eigenvalue weighted by Crippen LogP contribution is 2.27. The molecule has 1 heterocycles. The Hall–Kier alpha value is -2.86. The van der Waals surface area contributed by atoms with Gasteiger partial charge in [-0.15, -0.1) is 0 Å². The standard InChI is InChI=1S/C20H19NO4S/c1-3-15(20(22)23)12-17-13-16-6-4-5-7-19(16)21(17)26(24,25)18-10-8-14(2)9-11-18/h4-13H,3H2,1-2H3,(H,22,23)/b15-12+. The molecule has 6 heteroatoms. The molecule has 0 spiro atoms. The van der Waals surface area contributed by atoms with E-state index in [2.05, 4.69) is 0 Å². The first kappa shape index (κ1) is 17.9. The Morgan fingerprint density at radius 3 is 2.38 bits per heavy atom. The van der Waals surface area contributed by atoms with Crippen molar-refractivity contribution in [1.82, 2.24) is 3.97 Å². The highest BCUT2D eigenvalue weighted by atomic mass is 32.2. The molecule has 0 aliphatic rings. The lowest BCUT2D eigenvalue weighted by atomic mass is 10.1. The summed E-state index contributed by atoms with van der Waals surface area (Å²) in [6.45, 7) is 3.61. The molecule has 0 aliphatic heterocycles. The van der Waals surface area contributed by atoms with Gasteiger partial charge in [0.2, 0.25) is 0 Å². The fourth-order valence-corrected chi connectivity index (χ4v) is 4.33. The molecule has 0 amide bonds. The minimum atomic E-state index is -3.87. The van der Waals surface area contributed by atoms with Crippen LogP contribution in [0.2, 0.25) is 0 Å². The Bertz CT molecular complexity index is 1110. The van der Waals surface area contributed by atoms with E-state index in [1.54, 1.807) is 55.5 Å². The largest absolute Gasteiger partial charge is 0.478 e. The van der Waals surface area contributed by atoms with Crippen LogP contribution in [-0.2, 0) is 14.8 Å². The normalized spacial score (nSPS) is 12.5. The van der Waals surface area contributed by atoms with Crippen molar-refractivity contribution in [2.45, 2.75) is 25.2 Å². The maximum absolute atomic E-state index is 13.3. The summed E-state index contributed by atoms with van der Waals surface area (Å²) in [7, 11) is -3.87. The number of hydrogen-bond donors (Lipinski definition) is 1. The molecule has 0 atom stereocenters. The molecule has 134 valence electrons. The first-order valence-electron chi connectivity index (χ1n) is 8.21. The predicted octanol–water partition coefficient (Wildman–Crippen LogP) is 4.06. The third-order valence-corrected chi connectivity index (χ3v) is 5.99. The van der Waals surface area contributed by atoms with Gasteiger partial charge in [-0.3, -0.25) is 0 Å². The van der Waals surface area contributed by atoms with Gasteiger partial charge in [-0.1, -0.05) is 42.8 Å². The molecule has 5 nitrogen and oxygen atoms in total. The van der Waals surface area contributed by atoms with E-state index >= 15 is 0 Å². The number of fused-ring (bicyclic) bond motifs is 1. The zero-order chi connectivity index (χ0) is 18.9. The summed E-state index contributed by atoms with van der Waals surface area (Å²) in [5.41, 5.74) is 1.94. The van der Waals surface area contributed by atoms with Crippen LogP contribution in [0.3, 0.4) is 0 Å². The molecule has 0 aliphatic carbocycles. The molecule has 0 radical (unpaired) electrons. The van der Waals surface area contributed by atoms with E-state index in [1.807, 2.05) is 13.0 Å². The number of para-hydroxylation sites is 1. The Balaban J connectivity index is 2.32. The summed E-state index contributed by atoms with van der Waals surface area (Å²) in [6, 6.07) is 15.4. The van der Waals surface area contributed by atoms with E-state index < -0.39 is 16.0 Å². The number of aliphatic carboxylic acids is 1. The summed E-state index contributed by atoms with van der Waals surface area (Å²) >= 11 is 0. The third-order valence-electron chi connectivity index (χ3n) is 4.23. The quantitative estimate of drug-likeness (QED) is 0.688. The summed E-state index contributed by atoms with van der Waals surface area (Å²) < 4.78 is 27.7. The smallest absolute Gasteiger partial charge is 0.331 e. The molecule has 2 aromatic carbocycles. The van der Waals surface area contributed by atoms with Gasteiger partial charge in [0.05, 0.1) is 16.1 Å². The van der Waals surface area contributed by atoms with Gasteiger partial charge in [-0.25, -0.2) is 17.2 Å². The van der Waals surface area contributed by atoms with Crippen LogP contribution in [0, 0.1) is 6.92 Å². The molecule has 0 bridgehead atoms. The maximum atomic E-state index is 13.3. The van der Waals surface area contributed by atoms with E-state index in [0.29, 0.717) is 17.6 Å². The number of aromatic nitrogens is 1. The Labute approximate surface area is 152 Å². The molecule has 3 aromatic rings. The highest BCUT2D eigenvalue weighted by Gasteiger charge is 2.22. The monoisotopic (exact) mass is 369 g/mol. The molecular weight excluding hydrogens is 350 g/mol. The molecule has 0 fully saturated rings. The number of nitrogens with zero attached hydrogens (tertiary/aromatic N) is 1. The van der Waals surface area contributed by atoms with Crippen molar-refractivity contribution in [1.29, 1.82) is 0 Å². The number of hydrogen-bond acceptors (Lipinski definition) is 3. The molecule has 1 N–H and O–H groups in total. The summed E-state index contributed by atoms with van der Waals surface area (Å²) in [6.07, 6.45) is 1.72. The van der Waals surface area contributed by atoms with Gasteiger partial charge in [0.1, 0.15) is 0 Å². The van der Waals surface area contributed by atoms with Gasteiger partial charge in [0.25, 0.3) is 10.0 Å². The minimum Gasteiger partial charge on any atom is -0.478 e. The van der Waals surface area contributed by atoms with Crippen molar-refractivity contribution >= 4 is 33.0 Å². The Kier molecular flexibility index (Phi) is 4.70. The number of benzene rings is 2. The lowest BCUT2D eigenvalue weighted by Crippen LogP contribution is -2.14. The van der Waals surface area contributed by atoms with E-state index in [-0.39, 0.29) is 10.5 Å². The van der Waals surface area contributed by atoms with Crippen molar-refractivity contribution in [3.05, 3.63) is 71.4 Å². The zero-order valence-electron chi connectivity index (χ0n) is 14.5. The average molecular weight is 369 g/mol. The summed E-state index contributed by atoms with van der Waals surface area (Å²) in [5, 5.41) is 10.1. The fourth-order valence-electron chi connectivity index (χ4n) is 2.83. The van der Waals surface area contributed by atoms with Crippen molar-refractivity contribution in [3.63, 3.8) is 0 Å². The lowest BCUT2D eigenvalue weighted by Gasteiger charge is -2.11. The second-order valence-electron chi connectivity index (χ2n) is 6.04. The third kappa shape index (κ3) is 3.15. The molecule has 0 saturated heterocycles. The fraction of sp³-hybridized carbons (Fsp3) is 0.150. The Morgan fingerprint density at radius 2 is 1.77 bits per heavy atom. The van der Waals surface area contributed by atoms with E-state index in [4.69, 9.17) is 0 Å². The highest BCUT2D eigenvalue weighted by molar-refractivity contribution is 7.90. The first-order valence-corrected chi connectivity index (χ1v) is 9.65. The van der Waals surface area contributed by atoms with Crippen LogP contribution in [-0.4, -0.2) is 23.5 Å². The molecule has 26 heavy (non-hydrogen) atoms. The van der Waals surface area contributed by atoms with E-state index in [1.165, 1.54) is 10.0 Å². The van der Waals surface area contributed by atoms with Gasteiger partial charge in [0, 0.05) is 11.0 Å². The van der Waals surface area contributed by atoms with Gasteiger partial charge in [-0.2, -0.15) is 0 Å². The van der Waals surface area contributed by atoms with E-state index in [0.717, 1.165) is 10.9 Å². The van der Waals surface area contributed by atoms with Crippen molar-refractivity contribution in [3.8, 4) is 0 Å². The van der Waals surface area contributed by atoms with Crippen molar-refractivity contribution < 1.29 is 18.3 Å². The molecule has 0 unspecified atom stereocenters. The SMILES string of the molecule is CC/C(=C\c1cc2ccccc2n1S(=O)(=O)c1ccc(C)cc1)C(=O)O. The number of aryl methyl sites for hydroxylation is 1. The summed E-state index contributed by atoms with van der Waals surface area (Å²) in [4.78, 5) is 11.6. The zero-order valence-corrected chi connectivity index (χ0v) is 15.3. The lowest BCUT2D eigenvalue weighted by molar-refractivity contribution is -0.132. The number of carbonyl (C=O) groups is 1. The van der Waals surface area contributed by atoms with Crippen LogP contribution in [0.15, 0.2) is 65.1 Å². The van der Waals surface area contributed by atoms with Gasteiger partial charge in [0.15, 0.2) is 0 Å². The topological polar surface area (TPSA) is 76.4 Å². The van der Waals surface area contributed by atoms with Crippen LogP contribution >= 0.6 is 0 Å². The second kappa shape index (κ2) is 6.80. The molecule has 0 saturated carbocycles. The molecule has 3 rings (SSSR count). The van der Waals surface area contributed by atoms with Crippen LogP contribution in [0.5, 0.6) is 0 Å². The van der Waals surface area contributed by atoms with E-state index in [9.17, 15) is 18.3 Å². The van der Waals surface area contributed by atoms with Crippen LogP contribution in [0.25, 0.3) is 17.0 Å². The van der Waals surface area contributed by atoms with Crippen LogP contribution < -0.4 is 0 Å². The number of carboxylic acid groups (broad SMARTS) is 1. The maximum Gasteiger partial charge on any atom is 0.331 e. The molecular formula is C20H19NO4S. The van der Waals surface area contributed by atoms with Crippen LogP contribution in [0.4, 0.5) is 0 Å². The van der Waals surface area contributed by atoms with Gasteiger partial charge in [-0.05, 0) is 43.7 Å². The first-order chi connectivity index (χ1) is 12.3. The molecule has 1 aromatic heterocycles. The van der Waals surface area contributed by atoms with Gasteiger partial charge >= 0.3 is 5.97 Å². The van der Waals surface area contributed by atoms with Crippen LogP contribution in [0.1, 0.15) is 24.6 Å². The minimum absolute atomic E-state index is 0.146. The van der Waals surface area contributed by atoms with Crippen molar-refractivity contribution in [2.24, 2.45) is 0 Å². The second-order valence-corrected chi connectivity index (χ2v) is 7.83. The van der Waals surface area contributed by atoms with Crippen molar-refractivity contribution in [2.75, 3.05) is 0 Å². The summed E-state index contributed by atoms with van der Waals surface area (Å²) in [5.74, 6) is -1.06. The predicted molar refractivity (Wildman–Crippen MR) is 102 cm³/mol. The number of rotatable bonds is 5. The number of carboxylic acids is 1. The average Bonchev–Trinajstić information content (AvgIpc) is 2.98.